The number of rotatable bonds is 6. The van der Waals surface area contributed by atoms with Gasteiger partial charge >= 0.3 is 11.9 Å². The van der Waals surface area contributed by atoms with Crippen LogP contribution in [0.1, 0.15) is 33.2 Å². The Bertz CT molecular complexity index is 1160. The summed E-state index contributed by atoms with van der Waals surface area (Å²) in [5.41, 5.74) is 8.22. The number of carboxylic acids is 2. The topological polar surface area (TPSA) is 74.6 Å². The first-order valence-corrected chi connectivity index (χ1v) is 10.4. The highest BCUT2D eigenvalue weighted by Gasteiger charge is 2.10. The Morgan fingerprint density at radius 2 is 0.788 bits per heavy atom. The van der Waals surface area contributed by atoms with E-state index >= 15 is 0 Å². The van der Waals surface area contributed by atoms with Crippen molar-refractivity contribution in [2.75, 3.05) is 0 Å². The second-order valence-electron chi connectivity index (χ2n) is 7.92. The van der Waals surface area contributed by atoms with Crippen molar-refractivity contribution in [3.8, 4) is 33.4 Å². The van der Waals surface area contributed by atoms with Crippen molar-refractivity contribution in [3.05, 3.63) is 114 Å². The number of aromatic carboxylic acids is 2. The highest BCUT2D eigenvalue weighted by molar-refractivity contribution is 5.90. The molecule has 0 aliphatic rings. The SMILES string of the molecule is C=C(C)c1ccc(-c2cc(-c3ccc(C(=O)O)cc3)cc(-c3ccc(C(=O)O)cc3)c2)cc1. The predicted octanol–water partition coefficient (Wildman–Crippen LogP) is 7.12. The zero-order valence-electron chi connectivity index (χ0n) is 18.1. The highest BCUT2D eigenvalue weighted by Crippen LogP contribution is 2.33. The lowest BCUT2D eigenvalue weighted by Gasteiger charge is -2.12. The monoisotopic (exact) mass is 434 g/mol. The van der Waals surface area contributed by atoms with Gasteiger partial charge in [0.2, 0.25) is 0 Å². The van der Waals surface area contributed by atoms with Crippen LogP contribution in [0.2, 0.25) is 0 Å². The van der Waals surface area contributed by atoms with Crippen LogP contribution in [0, 0.1) is 0 Å². The van der Waals surface area contributed by atoms with Gasteiger partial charge in [-0.3, -0.25) is 0 Å². The van der Waals surface area contributed by atoms with Crippen molar-refractivity contribution in [1.82, 2.24) is 0 Å². The first-order chi connectivity index (χ1) is 15.8. The van der Waals surface area contributed by atoms with E-state index in [2.05, 4.69) is 18.7 Å². The normalized spacial score (nSPS) is 10.6. The molecule has 4 aromatic rings. The van der Waals surface area contributed by atoms with Gasteiger partial charge in [0, 0.05) is 0 Å². The van der Waals surface area contributed by atoms with Crippen LogP contribution in [-0.2, 0) is 0 Å². The fraction of sp³-hybridized carbons (Fsp3) is 0.0345. The lowest BCUT2D eigenvalue weighted by atomic mass is 9.92. The third kappa shape index (κ3) is 4.75. The Hall–Kier alpha value is -4.44. The smallest absolute Gasteiger partial charge is 0.335 e. The molecule has 4 nitrogen and oxygen atoms in total. The molecule has 4 rings (SSSR count). The van der Waals surface area contributed by atoms with Gasteiger partial charge in [0.15, 0.2) is 0 Å². The summed E-state index contributed by atoms with van der Waals surface area (Å²) < 4.78 is 0. The van der Waals surface area contributed by atoms with Gasteiger partial charge in [0.25, 0.3) is 0 Å². The fourth-order valence-corrected chi connectivity index (χ4v) is 3.69. The highest BCUT2D eigenvalue weighted by atomic mass is 16.4. The number of hydrogen-bond acceptors (Lipinski definition) is 2. The van der Waals surface area contributed by atoms with Gasteiger partial charge in [-0.1, -0.05) is 60.7 Å². The molecule has 4 heteroatoms. The molecular formula is C29H22O4. The van der Waals surface area contributed by atoms with Gasteiger partial charge in [0.1, 0.15) is 0 Å². The second kappa shape index (κ2) is 8.97. The van der Waals surface area contributed by atoms with E-state index in [0.29, 0.717) is 0 Å². The summed E-state index contributed by atoms with van der Waals surface area (Å²) in [6.45, 7) is 5.96. The van der Waals surface area contributed by atoms with Gasteiger partial charge in [-0.15, -0.1) is 0 Å². The molecule has 0 atom stereocenters. The molecule has 0 unspecified atom stereocenters. The summed E-state index contributed by atoms with van der Waals surface area (Å²) in [5, 5.41) is 18.4. The van der Waals surface area contributed by atoms with E-state index in [1.54, 1.807) is 48.5 Å². The van der Waals surface area contributed by atoms with Crippen molar-refractivity contribution in [2.45, 2.75) is 6.92 Å². The summed E-state index contributed by atoms with van der Waals surface area (Å²) in [6, 6.07) is 27.9. The molecule has 0 aliphatic carbocycles. The van der Waals surface area contributed by atoms with Crippen LogP contribution in [0.25, 0.3) is 39.0 Å². The number of allylic oxidation sites excluding steroid dienone is 1. The Morgan fingerprint density at radius 3 is 1.03 bits per heavy atom. The van der Waals surface area contributed by atoms with Gasteiger partial charge in [-0.05, 0) is 88.3 Å². The standard InChI is InChI=1S/C29H22O4/c1-18(2)19-3-5-20(6-4-19)25-15-26(21-7-11-23(12-8-21)28(30)31)17-27(16-25)22-9-13-24(14-10-22)29(32)33/h3-17H,1H2,2H3,(H,30,31)(H,32,33). The summed E-state index contributed by atoms with van der Waals surface area (Å²) in [5.74, 6) is -1.93. The summed E-state index contributed by atoms with van der Waals surface area (Å²) in [7, 11) is 0. The van der Waals surface area contributed by atoms with Crippen LogP contribution in [0.4, 0.5) is 0 Å². The minimum absolute atomic E-state index is 0.231. The van der Waals surface area contributed by atoms with E-state index in [9.17, 15) is 19.8 Å². The number of carbonyl (C=O) groups is 2. The van der Waals surface area contributed by atoms with E-state index in [-0.39, 0.29) is 11.1 Å². The fourth-order valence-electron chi connectivity index (χ4n) is 3.69. The maximum Gasteiger partial charge on any atom is 0.335 e. The largest absolute Gasteiger partial charge is 0.478 e. The zero-order valence-corrected chi connectivity index (χ0v) is 18.1. The van der Waals surface area contributed by atoms with E-state index < -0.39 is 11.9 Å². The number of carboxylic acid groups (broad SMARTS) is 2. The molecule has 0 aromatic heterocycles. The van der Waals surface area contributed by atoms with Crippen molar-refractivity contribution in [3.63, 3.8) is 0 Å². The van der Waals surface area contributed by atoms with Crippen molar-refractivity contribution < 1.29 is 19.8 Å². The quantitative estimate of drug-likeness (QED) is 0.339. The minimum Gasteiger partial charge on any atom is -0.478 e. The first kappa shape index (κ1) is 21.8. The first-order valence-electron chi connectivity index (χ1n) is 10.4. The third-order valence-electron chi connectivity index (χ3n) is 5.57. The molecule has 0 saturated carbocycles. The van der Waals surface area contributed by atoms with Crippen LogP contribution in [-0.4, -0.2) is 22.2 Å². The molecule has 0 radical (unpaired) electrons. The Labute approximate surface area is 192 Å². The lowest BCUT2D eigenvalue weighted by Crippen LogP contribution is -1.95. The molecule has 0 amide bonds. The molecule has 2 N–H and O–H groups in total. The molecule has 33 heavy (non-hydrogen) atoms. The Kier molecular flexibility index (Phi) is 5.92. The van der Waals surface area contributed by atoms with E-state index in [1.165, 1.54) is 0 Å². The van der Waals surface area contributed by atoms with Crippen LogP contribution >= 0.6 is 0 Å². The maximum absolute atomic E-state index is 11.2. The summed E-state index contributed by atoms with van der Waals surface area (Å²) >= 11 is 0. The summed E-state index contributed by atoms with van der Waals surface area (Å²) in [6.07, 6.45) is 0. The molecule has 0 spiro atoms. The van der Waals surface area contributed by atoms with Gasteiger partial charge in [-0.2, -0.15) is 0 Å². The van der Waals surface area contributed by atoms with Crippen LogP contribution in [0.15, 0.2) is 97.6 Å². The molecule has 4 aromatic carbocycles. The average molecular weight is 434 g/mol. The Morgan fingerprint density at radius 1 is 0.515 bits per heavy atom. The van der Waals surface area contributed by atoms with Gasteiger partial charge in [-0.25, -0.2) is 9.59 Å². The second-order valence-corrected chi connectivity index (χ2v) is 7.92. The lowest BCUT2D eigenvalue weighted by molar-refractivity contribution is 0.0686. The Balaban J connectivity index is 1.84. The molecule has 162 valence electrons. The van der Waals surface area contributed by atoms with E-state index in [1.807, 2.05) is 37.3 Å². The predicted molar refractivity (Wildman–Crippen MR) is 131 cm³/mol. The molecule has 0 bridgehead atoms. The molecule has 0 saturated heterocycles. The van der Waals surface area contributed by atoms with Crippen molar-refractivity contribution in [2.24, 2.45) is 0 Å². The molecular weight excluding hydrogens is 412 g/mol. The maximum atomic E-state index is 11.2. The third-order valence-corrected chi connectivity index (χ3v) is 5.57. The summed E-state index contributed by atoms with van der Waals surface area (Å²) in [4.78, 5) is 22.5. The average Bonchev–Trinajstić information content (AvgIpc) is 2.84. The van der Waals surface area contributed by atoms with Gasteiger partial charge in [0.05, 0.1) is 11.1 Å². The van der Waals surface area contributed by atoms with Crippen LogP contribution in [0.3, 0.4) is 0 Å². The zero-order chi connectivity index (χ0) is 23.5. The van der Waals surface area contributed by atoms with Crippen LogP contribution < -0.4 is 0 Å². The number of benzene rings is 4. The minimum atomic E-state index is -0.966. The van der Waals surface area contributed by atoms with Gasteiger partial charge < -0.3 is 10.2 Å². The van der Waals surface area contributed by atoms with Crippen molar-refractivity contribution in [1.29, 1.82) is 0 Å². The molecule has 0 fully saturated rings. The van der Waals surface area contributed by atoms with Crippen LogP contribution in [0.5, 0.6) is 0 Å². The number of hydrogen-bond donors (Lipinski definition) is 2. The van der Waals surface area contributed by atoms with E-state index in [0.717, 1.165) is 44.5 Å². The molecule has 0 heterocycles. The van der Waals surface area contributed by atoms with Crippen molar-refractivity contribution >= 4 is 17.5 Å². The van der Waals surface area contributed by atoms with E-state index in [4.69, 9.17) is 0 Å². The molecule has 0 aliphatic heterocycles.